The molecule has 1 atom stereocenters. The summed E-state index contributed by atoms with van der Waals surface area (Å²) in [6.07, 6.45) is 1.70. The third kappa shape index (κ3) is 4.56. The van der Waals surface area contributed by atoms with Crippen molar-refractivity contribution in [2.24, 2.45) is 5.73 Å². The molecule has 0 radical (unpaired) electrons. The third-order valence-electron chi connectivity index (χ3n) is 2.24. The van der Waals surface area contributed by atoms with E-state index >= 15 is 0 Å². The Kier molecular flexibility index (Phi) is 5.17. The molecule has 1 unspecified atom stereocenters. The van der Waals surface area contributed by atoms with Crippen molar-refractivity contribution in [3.05, 3.63) is 35.4 Å². The van der Waals surface area contributed by atoms with Crippen LogP contribution in [0.25, 0.3) is 0 Å². The molecule has 0 spiro atoms. The van der Waals surface area contributed by atoms with Crippen LogP contribution in [-0.2, 0) is 11.2 Å². The van der Waals surface area contributed by atoms with Gasteiger partial charge in [-0.15, -0.1) is 0 Å². The largest absolute Gasteiger partial charge is 0.630 e. The van der Waals surface area contributed by atoms with Gasteiger partial charge in [-0.05, 0) is 18.9 Å². The molecule has 1 aromatic rings. The third-order valence-corrected chi connectivity index (χ3v) is 3.45. The fourth-order valence-corrected chi connectivity index (χ4v) is 1.98. The zero-order chi connectivity index (χ0) is 12.0. The van der Waals surface area contributed by atoms with Gasteiger partial charge in [-0.1, -0.05) is 24.3 Å². The molecule has 0 saturated carbocycles. The number of carbonyl (C=O) groups excluding carboxylic acids is 1. The summed E-state index contributed by atoms with van der Waals surface area (Å²) in [4.78, 5) is 21.9. The van der Waals surface area contributed by atoms with Crippen LogP contribution < -0.4 is 10.6 Å². The number of aryl methyl sites for hydroxylation is 1. The lowest BCUT2D eigenvalue weighted by atomic mass is 10.1. The molecule has 4 heteroatoms. The molecule has 1 amide bonds. The maximum atomic E-state index is 11.3. The van der Waals surface area contributed by atoms with Gasteiger partial charge in [0, 0.05) is 12.0 Å². The van der Waals surface area contributed by atoms with Crippen molar-refractivity contribution in [2.45, 2.75) is 19.8 Å². The number of primary amides is 1. The molecule has 0 aliphatic carbocycles. The van der Waals surface area contributed by atoms with Gasteiger partial charge in [0.15, 0.2) is 0 Å². The highest BCUT2D eigenvalue weighted by Crippen LogP contribution is 2.12. The van der Waals surface area contributed by atoms with Crippen molar-refractivity contribution in [1.29, 1.82) is 0 Å². The summed E-state index contributed by atoms with van der Waals surface area (Å²) < 4.78 is 0. The van der Waals surface area contributed by atoms with Gasteiger partial charge in [0.2, 0.25) is 5.91 Å². The van der Waals surface area contributed by atoms with Crippen LogP contribution in [-0.4, -0.2) is 17.9 Å². The first-order valence-corrected chi connectivity index (χ1v) is 6.79. The highest BCUT2D eigenvalue weighted by Gasteiger charge is 1.98. The fraction of sp³-hybridized carbons (Fsp3) is 0.333. The Morgan fingerprint density at radius 3 is 2.56 bits per heavy atom. The van der Waals surface area contributed by atoms with Gasteiger partial charge < -0.3 is 10.6 Å². The Bertz CT molecular complexity index is 385. The smallest absolute Gasteiger partial charge is 0.217 e. The molecule has 0 fully saturated rings. The molecule has 1 aromatic carbocycles. The van der Waals surface area contributed by atoms with Crippen LogP contribution in [0.5, 0.6) is 0 Å². The average molecular weight is 237 g/mol. The van der Waals surface area contributed by atoms with Crippen molar-refractivity contribution in [2.75, 3.05) is 6.16 Å². The second kappa shape index (κ2) is 6.41. The van der Waals surface area contributed by atoms with E-state index in [9.17, 15) is 9.69 Å². The Balaban J connectivity index is 2.64. The number of hydrogen-bond acceptors (Lipinski definition) is 2. The predicted molar refractivity (Wildman–Crippen MR) is 66.6 cm³/mol. The van der Waals surface area contributed by atoms with Gasteiger partial charge in [-0.3, -0.25) is 4.79 Å². The molecule has 0 heterocycles. The van der Waals surface area contributed by atoms with E-state index in [0.29, 0.717) is 19.0 Å². The van der Waals surface area contributed by atoms with Crippen LogP contribution in [0, 0.1) is 0 Å². The lowest BCUT2D eigenvalue weighted by Crippen LogP contribution is -2.11. The molecular formula is C12H16NO2P. The van der Waals surface area contributed by atoms with E-state index in [1.54, 1.807) is 5.80 Å². The van der Waals surface area contributed by atoms with Crippen LogP contribution in [0.3, 0.4) is 0 Å². The van der Waals surface area contributed by atoms with Crippen molar-refractivity contribution in [1.82, 2.24) is 0 Å². The standard InChI is InChI=1S/C12H16NO2P/c1-2-16(15)9-11-5-3-10(4-6-11)7-8-12(13)14/h3-6,9H,2,7-8H2,1H3,(H2,13,14). The number of hydrogen-bond donors (Lipinski definition) is 1. The van der Waals surface area contributed by atoms with E-state index in [-0.39, 0.29) is 5.91 Å². The van der Waals surface area contributed by atoms with Gasteiger partial charge in [0.25, 0.3) is 0 Å². The Labute approximate surface area is 96.8 Å². The molecule has 0 saturated heterocycles. The number of rotatable bonds is 5. The normalized spacial score (nSPS) is 11.5. The molecule has 0 aliphatic heterocycles. The number of benzene rings is 1. The first kappa shape index (κ1) is 12.9. The summed E-state index contributed by atoms with van der Waals surface area (Å²) in [7, 11) is -1.23. The van der Waals surface area contributed by atoms with Crippen LogP contribution in [0.4, 0.5) is 0 Å². The molecule has 86 valence electrons. The van der Waals surface area contributed by atoms with Gasteiger partial charge in [-0.25, -0.2) is 0 Å². The summed E-state index contributed by atoms with van der Waals surface area (Å²) in [5.74, 6) is 1.48. The van der Waals surface area contributed by atoms with E-state index < -0.39 is 7.77 Å². The SMILES string of the molecule is CC[P+]([O-])=Cc1ccc(CCC(N)=O)cc1. The molecule has 1 rings (SSSR count). The maximum Gasteiger partial charge on any atom is 0.217 e. The average Bonchev–Trinajstić information content (AvgIpc) is 2.28. The topological polar surface area (TPSA) is 66.2 Å². The van der Waals surface area contributed by atoms with Crippen LogP contribution in [0.1, 0.15) is 24.5 Å². The monoisotopic (exact) mass is 237 g/mol. The first-order chi connectivity index (χ1) is 7.61. The predicted octanol–water partition coefficient (Wildman–Crippen LogP) is 1.03. The minimum atomic E-state index is -1.23. The van der Waals surface area contributed by atoms with E-state index in [1.165, 1.54) is 0 Å². The molecule has 0 aliphatic rings. The lowest BCUT2D eigenvalue weighted by Gasteiger charge is -2.00. The summed E-state index contributed by atoms with van der Waals surface area (Å²) >= 11 is 0. The van der Waals surface area contributed by atoms with Crippen LogP contribution >= 0.6 is 7.77 Å². The van der Waals surface area contributed by atoms with Gasteiger partial charge >= 0.3 is 0 Å². The Hall–Kier alpha value is -1.18. The summed E-state index contributed by atoms with van der Waals surface area (Å²) in [5, 5.41) is 0. The molecule has 3 nitrogen and oxygen atoms in total. The van der Waals surface area contributed by atoms with E-state index in [2.05, 4.69) is 0 Å². The zero-order valence-corrected chi connectivity index (χ0v) is 10.2. The summed E-state index contributed by atoms with van der Waals surface area (Å²) in [6.45, 7) is 1.90. The first-order valence-electron chi connectivity index (χ1n) is 5.27. The minimum absolute atomic E-state index is 0.287. The molecular weight excluding hydrogens is 221 g/mol. The summed E-state index contributed by atoms with van der Waals surface area (Å²) in [5.41, 5.74) is 7.11. The maximum absolute atomic E-state index is 11.3. The van der Waals surface area contributed by atoms with Gasteiger partial charge in [-0.2, -0.15) is 0 Å². The van der Waals surface area contributed by atoms with Gasteiger partial charge in [0.05, 0.1) is 13.9 Å². The molecule has 0 aromatic heterocycles. The van der Waals surface area contributed by atoms with Crippen molar-refractivity contribution >= 4 is 19.5 Å². The van der Waals surface area contributed by atoms with Crippen molar-refractivity contribution in [3.63, 3.8) is 0 Å². The lowest BCUT2D eigenvalue weighted by molar-refractivity contribution is -0.152. The highest BCUT2D eigenvalue weighted by atomic mass is 31.1. The zero-order valence-electron chi connectivity index (χ0n) is 9.35. The van der Waals surface area contributed by atoms with E-state index in [4.69, 9.17) is 5.73 Å². The Morgan fingerprint density at radius 1 is 1.44 bits per heavy atom. The summed E-state index contributed by atoms with van der Waals surface area (Å²) in [6, 6.07) is 7.71. The fourth-order valence-electron chi connectivity index (χ4n) is 1.30. The van der Waals surface area contributed by atoms with Crippen LogP contribution in [0.2, 0.25) is 0 Å². The second-order valence-electron chi connectivity index (χ2n) is 3.57. The minimum Gasteiger partial charge on any atom is -0.630 e. The number of nitrogens with two attached hydrogens (primary N) is 1. The highest BCUT2D eigenvalue weighted by molar-refractivity contribution is 7.50. The number of carbonyl (C=O) groups is 1. The Morgan fingerprint density at radius 2 is 2.06 bits per heavy atom. The van der Waals surface area contributed by atoms with E-state index in [0.717, 1.165) is 11.1 Å². The van der Waals surface area contributed by atoms with Crippen molar-refractivity contribution < 1.29 is 9.69 Å². The molecule has 0 bridgehead atoms. The van der Waals surface area contributed by atoms with E-state index in [1.807, 2.05) is 31.2 Å². The second-order valence-corrected chi connectivity index (χ2v) is 5.30. The molecule has 16 heavy (non-hydrogen) atoms. The number of amides is 1. The van der Waals surface area contributed by atoms with Crippen LogP contribution in [0.15, 0.2) is 24.3 Å². The quantitative estimate of drug-likeness (QED) is 0.777. The van der Waals surface area contributed by atoms with Gasteiger partial charge in [0.1, 0.15) is 5.80 Å². The van der Waals surface area contributed by atoms with Crippen molar-refractivity contribution in [3.8, 4) is 0 Å². The molecule has 2 N–H and O–H groups in total.